The van der Waals surface area contributed by atoms with Crippen molar-refractivity contribution in [1.29, 1.82) is 0 Å². The Hall–Kier alpha value is -0.0562. The molecule has 0 heterocycles. The molecule has 0 aromatic heterocycles. The van der Waals surface area contributed by atoms with Crippen molar-refractivity contribution in [3.8, 4) is 0 Å². The van der Waals surface area contributed by atoms with E-state index in [4.69, 9.17) is 11.6 Å². The topological polar surface area (TPSA) is 0 Å². The minimum absolute atomic E-state index is 0.219. The summed E-state index contributed by atoms with van der Waals surface area (Å²) >= 11 is 6.58. The van der Waals surface area contributed by atoms with Crippen molar-refractivity contribution in [3.63, 3.8) is 0 Å². The van der Waals surface area contributed by atoms with Gasteiger partial charge in [-0.15, -0.1) is 11.6 Å². The molecule has 1 aromatic rings. The zero-order valence-corrected chi connectivity index (χ0v) is 16.1. The molecule has 1 rings (SSSR count). The van der Waals surface area contributed by atoms with Gasteiger partial charge >= 0.3 is 0 Å². The van der Waals surface area contributed by atoms with E-state index in [2.05, 4.69) is 65.5 Å². The number of benzene rings is 1. The Kier molecular flexibility index (Phi) is 4.90. The Morgan fingerprint density at radius 3 is 2.11 bits per heavy atom. The second-order valence-corrected chi connectivity index (χ2v) is 15.7. The van der Waals surface area contributed by atoms with Gasteiger partial charge in [-0.05, 0) is 12.3 Å². The summed E-state index contributed by atoms with van der Waals surface area (Å²) < 4.78 is 0. The van der Waals surface area contributed by atoms with Crippen LogP contribution in [0.25, 0.3) is 0 Å². The number of alkyl halides is 1. The van der Waals surface area contributed by atoms with Crippen LogP contribution in [0.2, 0.25) is 19.6 Å². The lowest BCUT2D eigenvalue weighted by molar-refractivity contribution is 0.448. The van der Waals surface area contributed by atoms with E-state index in [1.807, 2.05) is 0 Å². The maximum Gasteiger partial charge on any atom is 0.0775 e. The lowest BCUT2D eigenvalue weighted by Gasteiger charge is -2.26. The normalized spacial score (nSPS) is 15.3. The summed E-state index contributed by atoms with van der Waals surface area (Å²) in [6.45, 7) is 16.2. The molecule has 1 aromatic carbocycles. The average Bonchev–Trinajstić information content (AvgIpc) is 2.13. The van der Waals surface area contributed by atoms with Gasteiger partial charge in [-0.2, -0.15) is 0 Å². The van der Waals surface area contributed by atoms with Gasteiger partial charge in [0, 0.05) is 5.00 Å². The van der Waals surface area contributed by atoms with Gasteiger partial charge in [0.15, 0.2) is 0 Å². The molecule has 3 heteroatoms. The Bertz CT molecular complexity index is 413. The predicted octanol–water partition coefficient (Wildman–Crippen LogP) is 2.95. The van der Waals surface area contributed by atoms with Gasteiger partial charge in [-0.3, -0.25) is 0 Å². The molecular formula is C15H27ClSi2. The molecule has 0 saturated heterocycles. The fourth-order valence-corrected chi connectivity index (χ4v) is 5.75. The van der Waals surface area contributed by atoms with E-state index >= 15 is 0 Å². The van der Waals surface area contributed by atoms with Crippen LogP contribution in [-0.2, 0) is 0 Å². The first kappa shape index (κ1) is 16.0. The molecule has 0 bridgehead atoms. The van der Waals surface area contributed by atoms with Gasteiger partial charge in [-0.1, -0.05) is 74.5 Å². The highest BCUT2D eigenvalue weighted by atomic mass is 35.5. The molecule has 0 saturated carbocycles. The fraction of sp³-hybridized carbons (Fsp3) is 0.600. The molecule has 0 aliphatic rings. The Morgan fingerprint density at radius 2 is 1.67 bits per heavy atom. The van der Waals surface area contributed by atoms with Gasteiger partial charge in [0.1, 0.15) is 0 Å². The second-order valence-electron chi connectivity index (χ2n) is 7.49. The Morgan fingerprint density at radius 1 is 1.11 bits per heavy atom. The largest absolute Gasteiger partial charge is 0.126 e. The Balaban J connectivity index is 3.01. The third kappa shape index (κ3) is 4.56. The Labute approximate surface area is 121 Å². The maximum atomic E-state index is 6.58. The molecule has 1 atom stereocenters. The third-order valence-corrected chi connectivity index (χ3v) is 8.96. The van der Waals surface area contributed by atoms with Gasteiger partial charge in [0.05, 0.1) is 17.6 Å². The number of hydrogen-bond acceptors (Lipinski definition) is 0. The minimum Gasteiger partial charge on any atom is -0.126 e. The minimum atomic E-state index is -1.21. The zero-order chi connectivity index (χ0) is 14.1. The predicted molar refractivity (Wildman–Crippen MR) is 91.4 cm³/mol. The summed E-state index contributed by atoms with van der Waals surface area (Å²) in [6, 6.07) is 7.15. The molecule has 0 aliphatic carbocycles. The first-order valence-electron chi connectivity index (χ1n) is 6.75. The summed E-state index contributed by atoms with van der Waals surface area (Å²) in [4.78, 5) is 0. The van der Waals surface area contributed by atoms with Crippen LogP contribution in [0.5, 0.6) is 0 Å². The molecule has 0 amide bonds. The molecule has 0 radical (unpaired) electrons. The summed E-state index contributed by atoms with van der Waals surface area (Å²) in [7, 11) is -1.62. The van der Waals surface area contributed by atoms with Crippen LogP contribution in [0.4, 0.5) is 0 Å². The molecule has 0 fully saturated rings. The van der Waals surface area contributed by atoms with Crippen molar-refractivity contribution < 1.29 is 0 Å². The monoisotopic (exact) mass is 298 g/mol. The number of aryl methyl sites for hydroxylation is 1. The number of rotatable bonds is 3. The molecule has 102 valence electrons. The van der Waals surface area contributed by atoms with E-state index < -0.39 is 17.6 Å². The van der Waals surface area contributed by atoms with E-state index in [9.17, 15) is 0 Å². The van der Waals surface area contributed by atoms with E-state index in [0.29, 0.717) is 5.00 Å². The third-order valence-electron chi connectivity index (χ3n) is 3.36. The quantitative estimate of drug-likeness (QED) is 0.594. The van der Waals surface area contributed by atoms with Crippen molar-refractivity contribution >= 4 is 39.6 Å². The van der Waals surface area contributed by atoms with Crippen LogP contribution in [0.15, 0.2) is 18.2 Å². The van der Waals surface area contributed by atoms with Crippen LogP contribution in [0.3, 0.4) is 0 Å². The number of hydrogen-bond donors (Lipinski definition) is 0. The smallest absolute Gasteiger partial charge is 0.0775 e. The summed E-state index contributed by atoms with van der Waals surface area (Å²) in [5, 5.41) is 3.43. The molecule has 0 N–H and O–H groups in total. The van der Waals surface area contributed by atoms with Crippen LogP contribution in [0.1, 0.15) is 26.3 Å². The SMILES string of the molecule is Cc1cc([SiH2]C(Cl)C(C)(C)C)cc([Si](C)(C)C)c1. The maximum absolute atomic E-state index is 6.58. The first-order chi connectivity index (χ1) is 8.00. The van der Waals surface area contributed by atoms with Crippen LogP contribution >= 0.6 is 11.6 Å². The van der Waals surface area contributed by atoms with Gasteiger partial charge < -0.3 is 0 Å². The van der Waals surface area contributed by atoms with Crippen molar-refractivity contribution in [1.82, 2.24) is 0 Å². The van der Waals surface area contributed by atoms with Crippen LogP contribution in [-0.4, -0.2) is 22.6 Å². The summed E-state index contributed by atoms with van der Waals surface area (Å²) in [5.74, 6) is 0. The molecular weight excluding hydrogens is 272 g/mol. The van der Waals surface area contributed by atoms with E-state index in [1.54, 1.807) is 5.19 Å². The van der Waals surface area contributed by atoms with Crippen molar-refractivity contribution in [2.75, 3.05) is 0 Å². The highest BCUT2D eigenvalue weighted by Crippen LogP contribution is 2.23. The summed E-state index contributed by atoms with van der Waals surface area (Å²) in [5.41, 5.74) is 1.62. The highest BCUT2D eigenvalue weighted by molar-refractivity contribution is 6.89. The average molecular weight is 299 g/mol. The molecule has 0 aliphatic heterocycles. The standard InChI is InChI=1S/C15H27ClSi2/c1-11-8-12(17-14(16)15(2,3)4)10-13(9-11)18(5,6)7/h8-10,14H,17H2,1-7H3. The van der Waals surface area contributed by atoms with Crippen LogP contribution < -0.4 is 10.4 Å². The second kappa shape index (κ2) is 5.52. The molecule has 18 heavy (non-hydrogen) atoms. The van der Waals surface area contributed by atoms with Crippen molar-refractivity contribution in [2.45, 2.75) is 52.3 Å². The van der Waals surface area contributed by atoms with Crippen molar-refractivity contribution in [2.24, 2.45) is 5.41 Å². The fourth-order valence-electron chi connectivity index (χ4n) is 1.93. The number of halogens is 1. The van der Waals surface area contributed by atoms with Gasteiger partial charge in [0.25, 0.3) is 0 Å². The molecule has 0 nitrogen and oxygen atoms in total. The molecule has 1 unspecified atom stereocenters. The summed E-state index contributed by atoms with van der Waals surface area (Å²) in [6.07, 6.45) is 0. The lowest BCUT2D eigenvalue weighted by atomic mass is 10.00. The first-order valence-corrected chi connectivity index (χ1v) is 12.2. The van der Waals surface area contributed by atoms with Gasteiger partial charge in [0.2, 0.25) is 0 Å². The van der Waals surface area contributed by atoms with Crippen molar-refractivity contribution in [3.05, 3.63) is 23.8 Å². The van der Waals surface area contributed by atoms with Crippen LogP contribution in [0, 0.1) is 12.3 Å². The molecule has 0 spiro atoms. The van der Waals surface area contributed by atoms with E-state index in [0.717, 1.165) is 0 Å². The van der Waals surface area contributed by atoms with Gasteiger partial charge in [-0.25, -0.2) is 0 Å². The zero-order valence-electron chi connectivity index (χ0n) is 12.9. The van der Waals surface area contributed by atoms with E-state index in [-0.39, 0.29) is 5.41 Å². The lowest BCUT2D eigenvalue weighted by Crippen LogP contribution is -2.42. The highest BCUT2D eigenvalue weighted by Gasteiger charge is 2.24. The van der Waals surface area contributed by atoms with E-state index in [1.165, 1.54) is 10.8 Å².